The number of hydrogen-bond donors (Lipinski definition) is 1. The number of aromatic nitrogens is 1. The molecule has 2 N–H and O–H groups in total. The number of methoxy groups -OCH3 is 1. The smallest absolute Gasteiger partial charge is 0.161 e. The van der Waals surface area contributed by atoms with Gasteiger partial charge in [0, 0.05) is 6.07 Å². The quantitative estimate of drug-likeness (QED) is 0.863. The molecule has 2 aromatic rings. The molecule has 0 amide bonds. The molecule has 0 unspecified atom stereocenters. The van der Waals surface area contributed by atoms with Gasteiger partial charge in [0.2, 0.25) is 0 Å². The highest BCUT2D eigenvalue weighted by Gasteiger charge is 2.07. The Morgan fingerprint density at radius 1 is 1.26 bits per heavy atom. The van der Waals surface area contributed by atoms with Gasteiger partial charge in [-0.15, -0.1) is 0 Å². The maximum Gasteiger partial charge on any atom is 0.161 e. The molecular formula is C14H18N2O3. The van der Waals surface area contributed by atoms with Crippen LogP contribution in [-0.2, 0) is 13.0 Å². The van der Waals surface area contributed by atoms with Crippen LogP contribution in [0.3, 0.4) is 0 Å². The Morgan fingerprint density at radius 3 is 2.74 bits per heavy atom. The molecule has 0 saturated heterocycles. The molecule has 19 heavy (non-hydrogen) atoms. The predicted molar refractivity (Wildman–Crippen MR) is 71.3 cm³/mol. The molecule has 5 nitrogen and oxygen atoms in total. The van der Waals surface area contributed by atoms with Gasteiger partial charge < -0.3 is 19.7 Å². The third-order valence-electron chi connectivity index (χ3n) is 2.71. The van der Waals surface area contributed by atoms with Crippen LogP contribution in [0.25, 0.3) is 0 Å². The van der Waals surface area contributed by atoms with E-state index >= 15 is 0 Å². The van der Waals surface area contributed by atoms with Crippen LogP contribution in [0.15, 0.2) is 28.8 Å². The van der Waals surface area contributed by atoms with Gasteiger partial charge in [-0.2, -0.15) is 0 Å². The summed E-state index contributed by atoms with van der Waals surface area (Å²) < 4.78 is 16.0. The minimum atomic E-state index is 0.351. The van der Waals surface area contributed by atoms with Crippen molar-refractivity contribution in [3.63, 3.8) is 0 Å². The van der Waals surface area contributed by atoms with E-state index < -0.39 is 0 Å². The molecule has 0 aliphatic rings. The van der Waals surface area contributed by atoms with Gasteiger partial charge in [0.05, 0.1) is 7.11 Å². The summed E-state index contributed by atoms with van der Waals surface area (Å²) in [4.78, 5) is 0. The zero-order valence-corrected chi connectivity index (χ0v) is 11.2. The van der Waals surface area contributed by atoms with Crippen LogP contribution in [-0.4, -0.2) is 18.8 Å². The molecule has 102 valence electrons. The van der Waals surface area contributed by atoms with Gasteiger partial charge in [-0.05, 0) is 37.6 Å². The number of benzene rings is 1. The Bertz CT molecular complexity index is 537. The SMILES string of the molecule is COc1cc(CCN)ccc1OCc1cc(C)on1. The molecule has 2 rings (SSSR count). The number of rotatable bonds is 6. The van der Waals surface area contributed by atoms with Crippen molar-refractivity contribution in [3.8, 4) is 11.5 Å². The maximum absolute atomic E-state index is 5.68. The number of hydrogen-bond acceptors (Lipinski definition) is 5. The van der Waals surface area contributed by atoms with Crippen molar-refractivity contribution in [2.24, 2.45) is 5.73 Å². The standard InChI is InChI=1S/C14H18N2O3/c1-10-7-12(16-19-10)9-18-13-4-3-11(5-6-15)8-14(13)17-2/h3-4,7-8H,5-6,9,15H2,1-2H3. The van der Waals surface area contributed by atoms with Crippen LogP contribution in [0.4, 0.5) is 0 Å². The molecule has 0 aliphatic heterocycles. The minimum Gasteiger partial charge on any atom is -0.493 e. The first-order valence-corrected chi connectivity index (χ1v) is 6.15. The minimum absolute atomic E-state index is 0.351. The molecule has 0 fully saturated rings. The first-order chi connectivity index (χ1) is 9.22. The van der Waals surface area contributed by atoms with Gasteiger partial charge in [0.25, 0.3) is 0 Å². The molecule has 0 atom stereocenters. The lowest BCUT2D eigenvalue weighted by molar-refractivity contribution is 0.271. The average molecular weight is 262 g/mol. The van der Waals surface area contributed by atoms with E-state index in [1.807, 2.05) is 31.2 Å². The van der Waals surface area contributed by atoms with Crippen molar-refractivity contribution in [2.75, 3.05) is 13.7 Å². The van der Waals surface area contributed by atoms with Gasteiger partial charge in [-0.3, -0.25) is 0 Å². The topological polar surface area (TPSA) is 70.5 Å². The zero-order valence-electron chi connectivity index (χ0n) is 11.2. The lowest BCUT2D eigenvalue weighted by Crippen LogP contribution is -2.03. The van der Waals surface area contributed by atoms with Crippen molar-refractivity contribution >= 4 is 0 Å². The molecule has 1 aromatic carbocycles. The number of ether oxygens (including phenoxy) is 2. The van der Waals surface area contributed by atoms with E-state index in [0.29, 0.717) is 24.7 Å². The van der Waals surface area contributed by atoms with Crippen molar-refractivity contribution in [3.05, 3.63) is 41.3 Å². The Balaban J connectivity index is 2.06. The van der Waals surface area contributed by atoms with Crippen LogP contribution < -0.4 is 15.2 Å². The van der Waals surface area contributed by atoms with E-state index in [9.17, 15) is 0 Å². The van der Waals surface area contributed by atoms with E-state index in [1.54, 1.807) is 7.11 Å². The highest BCUT2D eigenvalue weighted by molar-refractivity contribution is 5.43. The monoisotopic (exact) mass is 262 g/mol. The third kappa shape index (κ3) is 3.48. The summed E-state index contributed by atoms with van der Waals surface area (Å²) in [6.45, 7) is 2.81. The van der Waals surface area contributed by atoms with E-state index in [1.165, 1.54) is 0 Å². The largest absolute Gasteiger partial charge is 0.493 e. The number of nitrogens with zero attached hydrogens (tertiary/aromatic N) is 1. The first-order valence-electron chi connectivity index (χ1n) is 6.15. The van der Waals surface area contributed by atoms with Gasteiger partial charge in [0.15, 0.2) is 11.5 Å². The normalized spacial score (nSPS) is 10.5. The number of nitrogens with two attached hydrogens (primary N) is 1. The van der Waals surface area contributed by atoms with Crippen molar-refractivity contribution in [2.45, 2.75) is 20.0 Å². The fourth-order valence-electron chi connectivity index (χ4n) is 1.79. The summed E-state index contributed by atoms with van der Waals surface area (Å²) in [7, 11) is 1.62. The molecule has 0 aliphatic carbocycles. The van der Waals surface area contributed by atoms with E-state index in [0.717, 1.165) is 23.4 Å². The second-order valence-corrected chi connectivity index (χ2v) is 4.24. The number of aryl methyl sites for hydroxylation is 1. The molecule has 0 radical (unpaired) electrons. The first kappa shape index (κ1) is 13.4. The molecule has 1 heterocycles. The van der Waals surface area contributed by atoms with Gasteiger partial charge in [0.1, 0.15) is 18.1 Å². The Morgan fingerprint density at radius 2 is 2.11 bits per heavy atom. The third-order valence-corrected chi connectivity index (χ3v) is 2.71. The summed E-state index contributed by atoms with van der Waals surface area (Å²) in [5.74, 6) is 2.15. The Kier molecular flexibility index (Phi) is 4.41. The van der Waals surface area contributed by atoms with Crippen LogP contribution in [0.5, 0.6) is 11.5 Å². The molecule has 0 saturated carbocycles. The summed E-state index contributed by atoms with van der Waals surface area (Å²) in [6.07, 6.45) is 0.819. The lowest BCUT2D eigenvalue weighted by atomic mass is 10.1. The molecule has 5 heteroatoms. The van der Waals surface area contributed by atoms with Crippen LogP contribution in [0.1, 0.15) is 17.0 Å². The molecule has 0 spiro atoms. The average Bonchev–Trinajstić information content (AvgIpc) is 2.83. The molecular weight excluding hydrogens is 244 g/mol. The van der Waals surface area contributed by atoms with Gasteiger partial charge in [-0.1, -0.05) is 11.2 Å². The van der Waals surface area contributed by atoms with E-state index in [4.69, 9.17) is 19.7 Å². The highest BCUT2D eigenvalue weighted by atomic mass is 16.5. The zero-order chi connectivity index (χ0) is 13.7. The maximum atomic E-state index is 5.68. The van der Waals surface area contributed by atoms with Crippen molar-refractivity contribution in [1.29, 1.82) is 0 Å². The van der Waals surface area contributed by atoms with Crippen molar-refractivity contribution in [1.82, 2.24) is 5.16 Å². The fraction of sp³-hybridized carbons (Fsp3) is 0.357. The summed E-state index contributed by atoms with van der Waals surface area (Å²) >= 11 is 0. The summed E-state index contributed by atoms with van der Waals surface area (Å²) in [6, 6.07) is 7.65. The molecule has 1 aromatic heterocycles. The van der Waals surface area contributed by atoms with Crippen LogP contribution in [0.2, 0.25) is 0 Å². The van der Waals surface area contributed by atoms with Crippen LogP contribution >= 0.6 is 0 Å². The van der Waals surface area contributed by atoms with E-state index in [2.05, 4.69) is 5.16 Å². The lowest BCUT2D eigenvalue weighted by Gasteiger charge is -2.11. The van der Waals surface area contributed by atoms with Gasteiger partial charge in [-0.25, -0.2) is 0 Å². The second kappa shape index (κ2) is 6.24. The summed E-state index contributed by atoms with van der Waals surface area (Å²) in [5.41, 5.74) is 7.42. The summed E-state index contributed by atoms with van der Waals surface area (Å²) in [5, 5.41) is 3.88. The Hall–Kier alpha value is -2.01. The fourth-order valence-corrected chi connectivity index (χ4v) is 1.79. The van der Waals surface area contributed by atoms with E-state index in [-0.39, 0.29) is 0 Å². The molecule has 0 bridgehead atoms. The second-order valence-electron chi connectivity index (χ2n) is 4.24. The van der Waals surface area contributed by atoms with Gasteiger partial charge >= 0.3 is 0 Å². The predicted octanol–water partition coefficient (Wildman–Crippen LogP) is 2.07. The van der Waals surface area contributed by atoms with Crippen LogP contribution in [0, 0.1) is 6.92 Å². The Labute approximate surface area is 112 Å². The highest BCUT2D eigenvalue weighted by Crippen LogP contribution is 2.28. The van der Waals surface area contributed by atoms with Crippen molar-refractivity contribution < 1.29 is 14.0 Å².